The molecule has 1 aromatic rings. The van der Waals surface area contributed by atoms with Gasteiger partial charge in [-0.1, -0.05) is 17.7 Å². The van der Waals surface area contributed by atoms with Gasteiger partial charge in [0, 0.05) is 23.6 Å². The molecule has 4 nitrogen and oxygen atoms in total. The third-order valence-electron chi connectivity index (χ3n) is 3.16. The molecule has 1 fully saturated rings. The summed E-state index contributed by atoms with van der Waals surface area (Å²) in [5, 5.41) is 8.93. The van der Waals surface area contributed by atoms with Crippen LogP contribution < -0.4 is 0 Å². The molecule has 0 spiro atoms. The fourth-order valence-electron chi connectivity index (χ4n) is 2.24. The number of aliphatic carboxylic acids is 1. The average Bonchev–Trinajstić information content (AvgIpc) is 2.38. The van der Waals surface area contributed by atoms with Crippen molar-refractivity contribution in [3.05, 3.63) is 35.4 Å². The minimum Gasteiger partial charge on any atom is -0.481 e. The summed E-state index contributed by atoms with van der Waals surface area (Å²) in [5.41, 5.74) is 1.68. The number of benzene rings is 1. The van der Waals surface area contributed by atoms with Crippen LogP contribution in [-0.4, -0.2) is 46.0 Å². The number of amides is 1. The molecule has 5 heteroatoms. The Hall–Kier alpha value is -1.49. The second-order valence-corrected chi connectivity index (χ2v) is 5.84. The normalized spacial score (nSPS) is 19.2. The van der Waals surface area contributed by atoms with E-state index in [2.05, 4.69) is 0 Å². The van der Waals surface area contributed by atoms with Gasteiger partial charge in [-0.15, -0.1) is 0 Å². The molecule has 0 radical (unpaired) electrons. The fourth-order valence-corrected chi connectivity index (χ4v) is 3.30. The molecule has 1 atom stereocenters. The molecule has 1 N–H and O–H groups in total. The van der Waals surface area contributed by atoms with Gasteiger partial charge >= 0.3 is 5.97 Å². The number of aryl methyl sites for hydroxylation is 1. The minimum atomic E-state index is -0.852. The smallest absolute Gasteiger partial charge is 0.305 e. The number of thioether (sulfide) groups is 1. The lowest BCUT2D eigenvalue weighted by molar-refractivity contribution is -0.138. The van der Waals surface area contributed by atoms with Gasteiger partial charge < -0.3 is 10.0 Å². The highest BCUT2D eigenvalue weighted by atomic mass is 32.2. The molecule has 1 saturated heterocycles. The summed E-state index contributed by atoms with van der Waals surface area (Å²) in [7, 11) is 0. The summed E-state index contributed by atoms with van der Waals surface area (Å²) in [6.45, 7) is 2.56. The van der Waals surface area contributed by atoms with Crippen LogP contribution in [0.4, 0.5) is 0 Å². The summed E-state index contributed by atoms with van der Waals surface area (Å²) in [6, 6.07) is 7.23. The van der Waals surface area contributed by atoms with Crippen LogP contribution >= 0.6 is 11.8 Å². The van der Waals surface area contributed by atoms with E-state index in [0.29, 0.717) is 17.9 Å². The molecule has 1 aromatic carbocycles. The van der Waals surface area contributed by atoms with Crippen LogP contribution in [0.5, 0.6) is 0 Å². The third kappa shape index (κ3) is 3.50. The van der Waals surface area contributed by atoms with E-state index in [0.717, 1.165) is 11.3 Å². The van der Waals surface area contributed by atoms with Crippen LogP contribution in [0.25, 0.3) is 0 Å². The molecule has 2 rings (SSSR count). The van der Waals surface area contributed by atoms with Crippen molar-refractivity contribution in [1.82, 2.24) is 4.90 Å². The van der Waals surface area contributed by atoms with Crippen molar-refractivity contribution in [2.45, 2.75) is 19.4 Å². The van der Waals surface area contributed by atoms with Crippen LogP contribution in [-0.2, 0) is 4.79 Å². The third-order valence-corrected chi connectivity index (χ3v) is 4.26. The Balaban J connectivity index is 2.17. The minimum absolute atomic E-state index is 0.0184. The largest absolute Gasteiger partial charge is 0.481 e. The van der Waals surface area contributed by atoms with Crippen molar-refractivity contribution < 1.29 is 14.7 Å². The zero-order valence-corrected chi connectivity index (χ0v) is 11.7. The Labute approximate surface area is 116 Å². The van der Waals surface area contributed by atoms with Gasteiger partial charge in [0.1, 0.15) is 0 Å². The van der Waals surface area contributed by atoms with E-state index < -0.39 is 5.97 Å². The molecule has 19 heavy (non-hydrogen) atoms. The number of carboxylic acids is 1. The zero-order chi connectivity index (χ0) is 13.8. The lowest BCUT2D eigenvalue weighted by Gasteiger charge is -2.34. The first-order chi connectivity index (χ1) is 9.08. The summed E-state index contributed by atoms with van der Waals surface area (Å²) < 4.78 is 0. The van der Waals surface area contributed by atoms with Gasteiger partial charge in [0.25, 0.3) is 5.91 Å². The fraction of sp³-hybridized carbons (Fsp3) is 0.429. The van der Waals surface area contributed by atoms with Crippen molar-refractivity contribution in [2.24, 2.45) is 0 Å². The van der Waals surface area contributed by atoms with Crippen molar-refractivity contribution in [1.29, 1.82) is 0 Å². The zero-order valence-electron chi connectivity index (χ0n) is 10.8. The maximum atomic E-state index is 12.5. The van der Waals surface area contributed by atoms with Crippen LogP contribution in [0.1, 0.15) is 22.3 Å². The molecule has 0 aliphatic carbocycles. The Kier molecular flexibility index (Phi) is 4.47. The van der Waals surface area contributed by atoms with Crippen LogP contribution in [0, 0.1) is 6.92 Å². The Morgan fingerprint density at radius 3 is 2.95 bits per heavy atom. The monoisotopic (exact) mass is 279 g/mol. The SMILES string of the molecule is Cc1cccc(C(=O)N2CCSCC2CC(=O)O)c1. The predicted molar refractivity (Wildman–Crippen MR) is 75.6 cm³/mol. The van der Waals surface area contributed by atoms with E-state index in [1.54, 1.807) is 22.7 Å². The Bertz CT molecular complexity index is 489. The number of hydrogen-bond acceptors (Lipinski definition) is 3. The van der Waals surface area contributed by atoms with Gasteiger partial charge in [0.15, 0.2) is 0 Å². The quantitative estimate of drug-likeness (QED) is 0.919. The van der Waals surface area contributed by atoms with Gasteiger partial charge in [-0.2, -0.15) is 11.8 Å². The van der Waals surface area contributed by atoms with Gasteiger partial charge in [-0.25, -0.2) is 0 Å². The van der Waals surface area contributed by atoms with Crippen LogP contribution in [0.15, 0.2) is 24.3 Å². The molecule has 1 aliphatic rings. The molecular formula is C14H17NO3S. The van der Waals surface area contributed by atoms with Crippen LogP contribution in [0.2, 0.25) is 0 Å². The van der Waals surface area contributed by atoms with E-state index >= 15 is 0 Å². The standard InChI is InChI=1S/C14H17NO3S/c1-10-3-2-4-11(7-10)14(18)15-5-6-19-9-12(15)8-13(16)17/h2-4,7,12H,5-6,8-9H2,1H3,(H,16,17). The Morgan fingerprint density at radius 1 is 1.47 bits per heavy atom. The molecule has 1 unspecified atom stereocenters. The van der Waals surface area contributed by atoms with Gasteiger partial charge in [0.2, 0.25) is 0 Å². The first-order valence-electron chi connectivity index (χ1n) is 6.25. The lowest BCUT2D eigenvalue weighted by atomic mass is 10.1. The molecule has 0 saturated carbocycles. The number of carbonyl (C=O) groups is 2. The summed E-state index contributed by atoms with van der Waals surface area (Å²) in [5.74, 6) is 0.655. The molecule has 1 heterocycles. The second-order valence-electron chi connectivity index (χ2n) is 4.69. The molecule has 0 aromatic heterocycles. The molecule has 1 aliphatic heterocycles. The first kappa shape index (κ1) is 13.9. The van der Waals surface area contributed by atoms with Crippen LogP contribution in [0.3, 0.4) is 0 Å². The maximum absolute atomic E-state index is 12.5. The second kappa shape index (κ2) is 6.10. The van der Waals surface area contributed by atoms with Crippen molar-refractivity contribution >= 4 is 23.6 Å². The molecular weight excluding hydrogens is 262 g/mol. The van der Waals surface area contributed by atoms with E-state index in [1.165, 1.54) is 0 Å². The highest BCUT2D eigenvalue weighted by Crippen LogP contribution is 2.21. The Morgan fingerprint density at radius 2 is 2.26 bits per heavy atom. The molecule has 0 bridgehead atoms. The number of rotatable bonds is 3. The first-order valence-corrected chi connectivity index (χ1v) is 7.40. The molecule has 1 amide bonds. The predicted octanol–water partition coefficient (Wildman–Crippen LogP) is 2.03. The summed E-state index contributed by atoms with van der Waals surface area (Å²) in [4.78, 5) is 25.1. The highest BCUT2D eigenvalue weighted by Gasteiger charge is 2.29. The van der Waals surface area contributed by atoms with E-state index in [1.807, 2.05) is 25.1 Å². The lowest BCUT2D eigenvalue weighted by Crippen LogP contribution is -2.47. The van der Waals surface area contributed by atoms with Crippen molar-refractivity contribution in [2.75, 3.05) is 18.1 Å². The van der Waals surface area contributed by atoms with Crippen molar-refractivity contribution in [3.63, 3.8) is 0 Å². The summed E-state index contributed by atoms with van der Waals surface area (Å²) in [6.07, 6.45) is 0.0184. The number of hydrogen-bond donors (Lipinski definition) is 1. The van der Waals surface area contributed by atoms with Gasteiger partial charge in [-0.3, -0.25) is 9.59 Å². The van der Waals surface area contributed by atoms with E-state index in [4.69, 9.17) is 5.11 Å². The maximum Gasteiger partial charge on any atom is 0.305 e. The van der Waals surface area contributed by atoms with E-state index in [-0.39, 0.29) is 18.4 Å². The topological polar surface area (TPSA) is 57.6 Å². The van der Waals surface area contributed by atoms with Gasteiger partial charge in [0.05, 0.1) is 12.5 Å². The number of carboxylic acid groups (broad SMARTS) is 1. The van der Waals surface area contributed by atoms with E-state index in [9.17, 15) is 9.59 Å². The van der Waals surface area contributed by atoms with Gasteiger partial charge in [-0.05, 0) is 19.1 Å². The number of nitrogens with zero attached hydrogens (tertiary/aromatic N) is 1. The molecule has 102 valence electrons. The highest BCUT2D eigenvalue weighted by molar-refractivity contribution is 7.99. The summed E-state index contributed by atoms with van der Waals surface area (Å²) >= 11 is 1.71. The van der Waals surface area contributed by atoms with Crippen molar-refractivity contribution in [3.8, 4) is 0 Å². The number of carbonyl (C=O) groups excluding carboxylic acids is 1. The average molecular weight is 279 g/mol.